The molecule has 0 spiro atoms. The van der Waals surface area contributed by atoms with E-state index < -0.39 is 0 Å². The second-order valence-electron chi connectivity index (χ2n) is 4.45. The number of nitrogen functional groups attached to an aromatic ring is 1. The van der Waals surface area contributed by atoms with E-state index >= 15 is 0 Å². The van der Waals surface area contributed by atoms with Crippen LogP contribution in [0.3, 0.4) is 0 Å². The van der Waals surface area contributed by atoms with Crippen LogP contribution in [0.5, 0.6) is 5.75 Å². The number of nitrogens with zero attached hydrogens (tertiary/aromatic N) is 3. The molecule has 106 valence electrons. The lowest BCUT2D eigenvalue weighted by atomic mass is 10.1. The Balaban J connectivity index is 2.23. The van der Waals surface area contributed by atoms with Crippen LogP contribution in [-0.2, 0) is 0 Å². The van der Waals surface area contributed by atoms with Gasteiger partial charge >= 0.3 is 0 Å². The maximum atomic E-state index is 9.54. The van der Waals surface area contributed by atoms with E-state index in [-0.39, 0.29) is 10.8 Å². The number of anilines is 1. The predicted octanol–water partition coefficient (Wildman–Crippen LogP) is 3.52. The molecule has 0 unspecified atom stereocenters. The maximum absolute atomic E-state index is 9.54. The zero-order valence-corrected chi connectivity index (χ0v) is 12.6. The van der Waals surface area contributed by atoms with Crippen molar-refractivity contribution in [3.8, 4) is 28.3 Å². The Morgan fingerprint density at radius 1 is 1.24 bits per heavy atom. The van der Waals surface area contributed by atoms with Crippen LogP contribution in [0.4, 0.5) is 5.82 Å². The van der Waals surface area contributed by atoms with Gasteiger partial charge in [0.25, 0.3) is 0 Å². The Morgan fingerprint density at radius 2 is 2.05 bits per heavy atom. The molecule has 0 fully saturated rings. The minimum Gasteiger partial charge on any atom is -0.506 e. The van der Waals surface area contributed by atoms with E-state index in [4.69, 9.17) is 17.3 Å². The number of hydrogen-bond acceptors (Lipinski definition) is 6. The van der Waals surface area contributed by atoms with Crippen LogP contribution in [0.2, 0.25) is 5.02 Å². The Kier molecular flexibility index (Phi) is 3.48. The topological polar surface area (TPSA) is 84.9 Å². The first-order chi connectivity index (χ1) is 10.1. The highest BCUT2D eigenvalue weighted by Crippen LogP contribution is 2.35. The third kappa shape index (κ3) is 2.55. The van der Waals surface area contributed by atoms with Crippen LogP contribution in [0.1, 0.15) is 4.88 Å². The van der Waals surface area contributed by atoms with E-state index in [1.54, 1.807) is 18.3 Å². The minimum atomic E-state index is 0.0266. The average Bonchev–Trinajstić information content (AvgIpc) is 2.88. The minimum absolute atomic E-state index is 0.0266. The van der Waals surface area contributed by atoms with Crippen molar-refractivity contribution in [2.24, 2.45) is 0 Å². The summed E-state index contributed by atoms with van der Waals surface area (Å²) in [6.45, 7) is 1.96. The third-order valence-electron chi connectivity index (χ3n) is 3.02. The molecule has 3 N–H and O–H groups in total. The summed E-state index contributed by atoms with van der Waals surface area (Å²) >= 11 is 7.36. The van der Waals surface area contributed by atoms with Gasteiger partial charge in [-0.15, -0.1) is 0 Å². The van der Waals surface area contributed by atoms with Crippen molar-refractivity contribution in [3.63, 3.8) is 0 Å². The molecule has 5 nitrogen and oxygen atoms in total. The van der Waals surface area contributed by atoms with E-state index in [0.717, 1.165) is 16.0 Å². The van der Waals surface area contributed by atoms with E-state index in [0.29, 0.717) is 17.2 Å². The first kappa shape index (κ1) is 13.8. The number of rotatable bonds is 2. The normalized spacial score (nSPS) is 10.8. The monoisotopic (exact) mass is 318 g/mol. The molecule has 7 heteroatoms. The van der Waals surface area contributed by atoms with E-state index in [1.165, 1.54) is 23.8 Å². The first-order valence-corrected chi connectivity index (χ1v) is 7.24. The van der Waals surface area contributed by atoms with Crippen molar-refractivity contribution in [2.45, 2.75) is 6.92 Å². The smallest absolute Gasteiger partial charge is 0.142 e. The van der Waals surface area contributed by atoms with Gasteiger partial charge in [0.2, 0.25) is 0 Å². The molecule has 2 heterocycles. The molecule has 0 bridgehead atoms. The molecule has 0 radical (unpaired) electrons. The molecular weight excluding hydrogens is 308 g/mol. The number of aryl methyl sites for hydroxylation is 1. The zero-order chi connectivity index (χ0) is 15.0. The Hall–Kier alpha value is -2.18. The summed E-state index contributed by atoms with van der Waals surface area (Å²) in [5.41, 5.74) is 8.71. The zero-order valence-electron chi connectivity index (χ0n) is 11.0. The molecule has 0 saturated heterocycles. The summed E-state index contributed by atoms with van der Waals surface area (Å²) in [5, 5.41) is 9.80. The van der Waals surface area contributed by atoms with Crippen molar-refractivity contribution in [3.05, 3.63) is 40.5 Å². The maximum Gasteiger partial charge on any atom is 0.142 e. The summed E-state index contributed by atoms with van der Waals surface area (Å²) in [7, 11) is 0. The second-order valence-corrected chi connectivity index (χ2v) is 5.87. The van der Waals surface area contributed by atoms with Gasteiger partial charge in [-0.05, 0) is 36.7 Å². The molecule has 0 aliphatic heterocycles. The highest BCUT2D eigenvalue weighted by Gasteiger charge is 2.15. The van der Waals surface area contributed by atoms with Gasteiger partial charge in [-0.2, -0.15) is 0 Å². The van der Waals surface area contributed by atoms with E-state index in [1.807, 2.05) is 6.92 Å². The quantitative estimate of drug-likeness (QED) is 0.755. The number of benzene rings is 1. The van der Waals surface area contributed by atoms with Crippen molar-refractivity contribution in [1.82, 2.24) is 14.3 Å². The molecule has 0 aliphatic carbocycles. The molecule has 0 atom stereocenters. The first-order valence-electron chi connectivity index (χ1n) is 6.09. The van der Waals surface area contributed by atoms with Gasteiger partial charge in [-0.25, -0.2) is 9.36 Å². The molecule has 0 saturated carbocycles. The van der Waals surface area contributed by atoms with Gasteiger partial charge in [-0.3, -0.25) is 4.98 Å². The Bertz CT molecular complexity index is 818. The number of aromatic hydroxyl groups is 1. The van der Waals surface area contributed by atoms with Gasteiger partial charge in [0.1, 0.15) is 17.3 Å². The molecule has 0 amide bonds. The molecule has 3 aromatic rings. The number of halogens is 1. The van der Waals surface area contributed by atoms with E-state index in [9.17, 15) is 5.11 Å². The molecule has 1 aromatic carbocycles. The van der Waals surface area contributed by atoms with Crippen LogP contribution in [0.15, 0.2) is 30.6 Å². The van der Waals surface area contributed by atoms with E-state index in [2.05, 4.69) is 14.3 Å². The highest BCUT2D eigenvalue weighted by atomic mass is 35.5. The fraction of sp³-hybridized carbons (Fsp3) is 0.0714. The lowest BCUT2D eigenvalue weighted by Crippen LogP contribution is -1.98. The van der Waals surface area contributed by atoms with Gasteiger partial charge in [0.15, 0.2) is 0 Å². The molecule has 3 rings (SSSR count). The number of phenols is 1. The standard InChI is InChI=1S/C14H11ClN4OS/c1-7-9(5-18-21-7)14-13(17-6-12(16)19-14)8-2-3-11(20)10(15)4-8/h2-6,20H,1H3,(H2,16,19). The Morgan fingerprint density at radius 3 is 2.71 bits per heavy atom. The molecule has 21 heavy (non-hydrogen) atoms. The molecule has 2 aromatic heterocycles. The van der Waals surface area contributed by atoms with Crippen molar-refractivity contribution in [2.75, 3.05) is 5.73 Å². The summed E-state index contributed by atoms with van der Waals surface area (Å²) in [6.07, 6.45) is 3.24. The summed E-state index contributed by atoms with van der Waals surface area (Å²) in [5.74, 6) is 0.364. The SMILES string of the molecule is Cc1sncc1-c1nc(N)cnc1-c1ccc(O)c(Cl)c1. The number of nitrogens with two attached hydrogens (primary N) is 1. The van der Waals surface area contributed by atoms with Crippen molar-refractivity contribution < 1.29 is 5.11 Å². The fourth-order valence-electron chi connectivity index (χ4n) is 1.98. The van der Waals surface area contributed by atoms with Crippen molar-refractivity contribution in [1.29, 1.82) is 0 Å². The third-order valence-corrected chi connectivity index (χ3v) is 4.03. The van der Waals surface area contributed by atoms with Crippen LogP contribution in [0, 0.1) is 6.92 Å². The summed E-state index contributed by atoms with van der Waals surface area (Å²) in [6, 6.07) is 4.91. The van der Waals surface area contributed by atoms with Gasteiger partial charge in [0, 0.05) is 16.0 Å². The van der Waals surface area contributed by atoms with Crippen LogP contribution in [-0.4, -0.2) is 19.4 Å². The largest absolute Gasteiger partial charge is 0.506 e. The molecular formula is C14H11ClN4OS. The van der Waals surface area contributed by atoms with Gasteiger partial charge in [-0.1, -0.05) is 11.6 Å². The van der Waals surface area contributed by atoms with Crippen LogP contribution >= 0.6 is 23.1 Å². The summed E-state index contributed by atoms with van der Waals surface area (Å²) in [4.78, 5) is 9.78. The fourth-order valence-corrected chi connectivity index (χ4v) is 2.73. The number of phenolic OH excluding ortho intramolecular Hbond substituents is 1. The average molecular weight is 319 g/mol. The lowest BCUT2D eigenvalue weighted by molar-refractivity contribution is 0.475. The highest BCUT2D eigenvalue weighted by molar-refractivity contribution is 7.06. The van der Waals surface area contributed by atoms with Crippen LogP contribution in [0.25, 0.3) is 22.5 Å². The van der Waals surface area contributed by atoms with Gasteiger partial charge < -0.3 is 10.8 Å². The number of aromatic nitrogens is 3. The van der Waals surface area contributed by atoms with Crippen molar-refractivity contribution >= 4 is 29.0 Å². The number of hydrogen-bond donors (Lipinski definition) is 2. The second kappa shape index (κ2) is 5.31. The Labute approximate surface area is 130 Å². The van der Waals surface area contributed by atoms with Gasteiger partial charge in [0.05, 0.1) is 23.1 Å². The lowest BCUT2D eigenvalue weighted by Gasteiger charge is -2.09. The molecule has 0 aliphatic rings. The summed E-state index contributed by atoms with van der Waals surface area (Å²) < 4.78 is 4.16. The predicted molar refractivity (Wildman–Crippen MR) is 84.4 cm³/mol. The van der Waals surface area contributed by atoms with Crippen LogP contribution < -0.4 is 5.73 Å².